The fourth-order valence-corrected chi connectivity index (χ4v) is 2.93. The lowest BCUT2D eigenvalue weighted by Gasteiger charge is -2.10. The summed E-state index contributed by atoms with van der Waals surface area (Å²) in [5, 5.41) is 0. The Kier molecular flexibility index (Phi) is 8.74. The van der Waals surface area contributed by atoms with Crippen LogP contribution in [-0.4, -0.2) is 19.2 Å². The van der Waals surface area contributed by atoms with E-state index in [1.165, 1.54) is 24.3 Å². The van der Waals surface area contributed by atoms with Crippen LogP contribution in [0.2, 0.25) is 0 Å². The van der Waals surface area contributed by atoms with Gasteiger partial charge in [0.2, 0.25) is 11.6 Å². The zero-order chi connectivity index (χ0) is 25.4. The molecule has 0 spiro atoms. The maximum atomic E-state index is 14.3. The van der Waals surface area contributed by atoms with Gasteiger partial charge in [0.1, 0.15) is 17.1 Å². The van der Waals surface area contributed by atoms with Crippen LogP contribution in [0.4, 0.5) is 17.6 Å². The number of unbranched alkanes of at least 4 members (excludes halogenated alkanes) is 1. The molecule has 0 aliphatic rings. The second-order valence-electron chi connectivity index (χ2n) is 7.28. The largest absolute Gasteiger partial charge is 0.494 e. The van der Waals surface area contributed by atoms with Crippen molar-refractivity contribution in [1.29, 1.82) is 0 Å². The molecule has 0 fully saturated rings. The van der Waals surface area contributed by atoms with Crippen LogP contribution < -0.4 is 14.2 Å². The van der Waals surface area contributed by atoms with E-state index in [1.807, 2.05) is 13.8 Å². The van der Waals surface area contributed by atoms with Gasteiger partial charge in [-0.15, -0.1) is 0 Å². The molecular formula is C27H22F4O4. The third kappa shape index (κ3) is 6.33. The van der Waals surface area contributed by atoms with Gasteiger partial charge in [-0.1, -0.05) is 25.2 Å². The van der Waals surface area contributed by atoms with Crippen molar-refractivity contribution in [2.45, 2.75) is 26.7 Å². The molecule has 0 bridgehead atoms. The Balaban J connectivity index is 1.74. The zero-order valence-corrected chi connectivity index (χ0v) is 19.1. The van der Waals surface area contributed by atoms with Gasteiger partial charge in [-0.25, -0.2) is 13.6 Å². The van der Waals surface area contributed by atoms with Gasteiger partial charge < -0.3 is 14.2 Å². The minimum absolute atomic E-state index is 0.0817. The predicted molar refractivity (Wildman–Crippen MR) is 122 cm³/mol. The van der Waals surface area contributed by atoms with Crippen molar-refractivity contribution >= 4 is 5.97 Å². The second kappa shape index (κ2) is 11.9. The molecule has 0 saturated carbocycles. The molecule has 0 aliphatic heterocycles. The second-order valence-corrected chi connectivity index (χ2v) is 7.28. The summed E-state index contributed by atoms with van der Waals surface area (Å²) >= 11 is 0. The van der Waals surface area contributed by atoms with E-state index in [4.69, 9.17) is 14.2 Å². The molecule has 0 amide bonds. The topological polar surface area (TPSA) is 44.8 Å². The number of carbonyl (C=O) groups is 1. The van der Waals surface area contributed by atoms with Gasteiger partial charge in [-0.2, -0.15) is 8.78 Å². The molecule has 3 rings (SSSR count). The van der Waals surface area contributed by atoms with Crippen molar-refractivity contribution in [2.75, 3.05) is 13.2 Å². The first-order valence-corrected chi connectivity index (χ1v) is 10.9. The Morgan fingerprint density at radius 3 is 1.94 bits per heavy atom. The monoisotopic (exact) mass is 486 g/mol. The Bertz CT molecular complexity index is 1210. The van der Waals surface area contributed by atoms with Crippen LogP contribution in [0.5, 0.6) is 17.2 Å². The standard InChI is InChI=1S/C27H22F4O4/c1-3-5-16-34-26-24(30)22(28)21(23(29)25(26)31)15-8-17-6-9-18(10-7-17)27(32)35-20-13-11-19(12-14-20)33-4-2/h6-7,9-14H,3-5,16H2,1-2H3. The van der Waals surface area contributed by atoms with E-state index in [0.29, 0.717) is 30.9 Å². The summed E-state index contributed by atoms with van der Waals surface area (Å²) in [6.07, 6.45) is 1.14. The van der Waals surface area contributed by atoms with Gasteiger partial charge in [-0.05, 0) is 61.9 Å². The molecule has 0 N–H and O–H groups in total. The molecule has 3 aromatic rings. The minimum atomic E-state index is -1.64. The zero-order valence-electron chi connectivity index (χ0n) is 19.1. The summed E-state index contributed by atoms with van der Waals surface area (Å²) in [6.45, 7) is 4.11. The minimum Gasteiger partial charge on any atom is -0.494 e. The van der Waals surface area contributed by atoms with Crippen LogP contribution in [-0.2, 0) is 0 Å². The third-order valence-electron chi connectivity index (χ3n) is 4.77. The predicted octanol–water partition coefficient (Wildman–Crippen LogP) is 6.44. The smallest absolute Gasteiger partial charge is 0.343 e. The van der Waals surface area contributed by atoms with Gasteiger partial charge in [-0.3, -0.25) is 0 Å². The highest BCUT2D eigenvalue weighted by Crippen LogP contribution is 2.30. The van der Waals surface area contributed by atoms with Crippen molar-refractivity contribution in [2.24, 2.45) is 0 Å². The first kappa shape index (κ1) is 25.6. The van der Waals surface area contributed by atoms with Crippen LogP contribution in [0, 0.1) is 35.1 Å². The molecule has 0 heterocycles. The molecule has 0 unspecified atom stereocenters. The van der Waals surface area contributed by atoms with Crippen LogP contribution in [0.25, 0.3) is 0 Å². The van der Waals surface area contributed by atoms with Gasteiger partial charge >= 0.3 is 5.97 Å². The lowest BCUT2D eigenvalue weighted by Crippen LogP contribution is -2.08. The number of carbonyl (C=O) groups excluding carboxylic acids is 1. The molecule has 182 valence electrons. The van der Waals surface area contributed by atoms with Crippen molar-refractivity contribution in [3.05, 3.63) is 88.5 Å². The number of rotatable bonds is 8. The lowest BCUT2D eigenvalue weighted by molar-refractivity contribution is 0.0734. The van der Waals surface area contributed by atoms with E-state index in [1.54, 1.807) is 24.3 Å². The van der Waals surface area contributed by atoms with Crippen LogP contribution in [0.3, 0.4) is 0 Å². The van der Waals surface area contributed by atoms with Crippen molar-refractivity contribution in [3.8, 4) is 29.1 Å². The molecule has 35 heavy (non-hydrogen) atoms. The number of hydrogen-bond acceptors (Lipinski definition) is 4. The number of esters is 1. The van der Waals surface area contributed by atoms with Crippen molar-refractivity contribution in [1.82, 2.24) is 0 Å². The molecule has 8 heteroatoms. The van der Waals surface area contributed by atoms with Crippen LogP contribution >= 0.6 is 0 Å². The first-order chi connectivity index (χ1) is 16.8. The normalized spacial score (nSPS) is 10.3. The highest BCUT2D eigenvalue weighted by atomic mass is 19.2. The summed E-state index contributed by atoms with van der Waals surface area (Å²) in [5.74, 6) is -2.79. The highest BCUT2D eigenvalue weighted by molar-refractivity contribution is 5.91. The number of hydrogen-bond donors (Lipinski definition) is 0. The SMILES string of the molecule is CCCCOc1c(F)c(F)c(C#Cc2ccc(C(=O)Oc3ccc(OCC)cc3)cc2)c(F)c1F. The summed E-state index contributed by atoms with van der Waals surface area (Å²) in [6, 6.07) is 12.1. The van der Waals surface area contributed by atoms with E-state index in [2.05, 4.69) is 11.8 Å². The number of benzene rings is 3. The number of halogens is 4. The fourth-order valence-electron chi connectivity index (χ4n) is 2.93. The molecule has 0 atom stereocenters. The van der Waals surface area contributed by atoms with E-state index in [0.717, 1.165) is 0 Å². The van der Waals surface area contributed by atoms with Gasteiger partial charge in [0.25, 0.3) is 0 Å². The average Bonchev–Trinajstić information content (AvgIpc) is 2.86. The molecule has 0 radical (unpaired) electrons. The quantitative estimate of drug-likeness (QED) is 0.0918. The fraction of sp³-hybridized carbons (Fsp3) is 0.222. The summed E-state index contributed by atoms with van der Waals surface area (Å²) in [7, 11) is 0. The Morgan fingerprint density at radius 1 is 0.771 bits per heavy atom. The van der Waals surface area contributed by atoms with Crippen molar-refractivity contribution in [3.63, 3.8) is 0 Å². The summed E-state index contributed by atoms with van der Waals surface area (Å²) < 4.78 is 72.5. The molecule has 0 saturated heterocycles. The number of ether oxygens (including phenoxy) is 3. The summed E-state index contributed by atoms with van der Waals surface area (Å²) in [5.41, 5.74) is -0.597. The summed E-state index contributed by atoms with van der Waals surface area (Å²) in [4.78, 5) is 12.3. The van der Waals surface area contributed by atoms with Crippen LogP contribution in [0.1, 0.15) is 48.2 Å². The van der Waals surface area contributed by atoms with Gasteiger partial charge in [0.15, 0.2) is 17.4 Å². The Morgan fingerprint density at radius 2 is 1.37 bits per heavy atom. The van der Waals surface area contributed by atoms with E-state index in [9.17, 15) is 22.4 Å². The Hall–Kier alpha value is -3.99. The molecule has 0 aromatic heterocycles. The van der Waals surface area contributed by atoms with Gasteiger partial charge in [0, 0.05) is 5.56 Å². The van der Waals surface area contributed by atoms with Gasteiger partial charge in [0.05, 0.1) is 18.8 Å². The van der Waals surface area contributed by atoms with E-state index >= 15 is 0 Å². The highest BCUT2D eigenvalue weighted by Gasteiger charge is 2.25. The third-order valence-corrected chi connectivity index (χ3v) is 4.77. The van der Waals surface area contributed by atoms with E-state index in [-0.39, 0.29) is 17.7 Å². The molecule has 0 aliphatic carbocycles. The average molecular weight is 486 g/mol. The van der Waals surface area contributed by atoms with Crippen molar-refractivity contribution < 1.29 is 36.6 Å². The maximum absolute atomic E-state index is 14.3. The van der Waals surface area contributed by atoms with Crippen LogP contribution in [0.15, 0.2) is 48.5 Å². The van der Waals surface area contributed by atoms with E-state index < -0.39 is 40.6 Å². The Labute approximate surface area is 200 Å². The lowest BCUT2D eigenvalue weighted by atomic mass is 10.1. The molecule has 4 nitrogen and oxygen atoms in total. The molecular weight excluding hydrogens is 464 g/mol. The molecule has 3 aromatic carbocycles. The maximum Gasteiger partial charge on any atom is 0.343 e. The first-order valence-electron chi connectivity index (χ1n) is 10.9.